The van der Waals surface area contributed by atoms with E-state index in [1.165, 1.54) is 23.1 Å². The van der Waals surface area contributed by atoms with Crippen molar-refractivity contribution in [1.82, 2.24) is 4.98 Å². The Hall–Kier alpha value is -2.85. The number of thiazole rings is 1. The van der Waals surface area contributed by atoms with E-state index in [2.05, 4.69) is 15.6 Å². The molecule has 0 atom stereocenters. The zero-order valence-electron chi connectivity index (χ0n) is 16.2. The van der Waals surface area contributed by atoms with Gasteiger partial charge in [-0.25, -0.2) is 9.78 Å². The van der Waals surface area contributed by atoms with Gasteiger partial charge in [-0.15, -0.1) is 23.1 Å². The van der Waals surface area contributed by atoms with Crippen LogP contribution in [0.4, 0.5) is 10.8 Å². The lowest BCUT2D eigenvalue weighted by atomic mass is 10.2. The number of aliphatic carboxylic acids is 1. The number of halogens is 2. The highest BCUT2D eigenvalue weighted by molar-refractivity contribution is 8.00. The van der Waals surface area contributed by atoms with Crippen molar-refractivity contribution in [3.05, 3.63) is 70.0 Å². The van der Waals surface area contributed by atoms with Gasteiger partial charge in [0.2, 0.25) is 11.8 Å². The SMILES string of the molecule is O=C(O)/C=C/C(=O)Nc1ccc(SCC(=O)Nc2nc(-c3ccc(Cl)cc3Cl)cs2)cc1. The molecule has 3 N–H and O–H groups in total. The van der Waals surface area contributed by atoms with Crippen molar-refractivity contribution in [3.63, 3.8) is 0 Å². The highest BCUT2D eigenvalue weighted by atomic mass is 35.5. The number of nitrogens with one attached hydrogen (secondary N) is 2. The number of hydrogen-bond donors (Lipinski definition) is 3. The normalized spacial score (nSPS) is 10.8. The van der Waals surface area contributed by atoms with E-state index in [9.17, 15) is 14.4 Å². The summed E-state index contributed by atoms with van der Waals surface area (Å²) in [5.74, 6) is -1.79. The molecule has 7 nitrogen and oxygen atoms in total. The maximum absolute atomic E-state index is 12.3. The quantitative estimate of drug-likeness (QED) is 0.277. The summed E-state index contributed by atoms with van der Waals surface area (Å²) in [7, 11) is 0. The second-order valence-corrected chi connectivity index (χ2v) is 8.93. The molecule has 164 valence electrons. The number of aromatic nitrogens is 1. The van der Waals surface area contributed by atoms with Crippen molar-refractivity contribution in [2.24, 2.45) is 0 Å². The Labute approximate surface area is 201 Å². The second kappa shape index (κ2) is 11.1. The third-order valence-corrected chi connectivity index (χ3v) is 6.14. The number of thioether (sulfide) groups is 1. The van der Waals surface area contributed by atoms with E-state index in [1.807, 2.05) is 0 Å². The second-order valence-electron chi connectivity index (χ2n) is 6.18. The average Bonchev–Trinajstić information content (AvgIpc) is 3.19. The van der Waals surface area contributed by atoms with Gasteiger partial charge < -0.3 is 15.7 Å². The van der Waals surface area contributed by atoms with Crippen LogP contribution in [-0.2, 0) is 14.4 Å². The van der Waals surface area contributed by atoms with Crippen LogP contribution < -0.4 is 10.6 Å². The lowest BCUT2D eigenvalue weighted by molar-refractivity contribution is -0.131. The number of nitrogens with zero attached hydrogens (tertiary/aromatic N) is 1. The Balaban J connectivity index is 1.50. The van der Waals surface area contributed by atoms with Crippen molar-refractivity contribution in [2.45, 2.75) is 4.90 Å². The lowest BCUT2D eigenvalue weighted by Gasteiger charge is -2.05. The highest BCUT2D eigenvalue weighted by Crippen LogP contribution is 2.32. The van der Waals surface area contributed by atoms with Crippen molar-refractivity contribution >= 4 is 74.9 Å². The minimum Gasteiger partial charge on any atom is -0.478 e. The Morgan fingerprint density at radius 2 is 1.81 bits per heavy atom. The summed E-state index contributed by atoms with van der Waals surface area (Å²) in [5.41, 5.74) is 1.89. The minimum absolute atomic E-state index is 0.170. The van der Waals surface area contributed by atoms with Gasteiger partial charge in [0.25, 0.3) is 0 Å². The molecule has 0 unspecified atom stereocenters. The monoisotopic (exact) mass is 507 g/mol. The Kier molecular flexibility index (Phi) is 8.29. The summed E-state index contributed by atoms with van der Waals surface area (Å²) < 4.78 is 0. The van der Waals surface area contributed by atoms with Crippen LogP contribution >= 0.6 is 46.3 Å². The Bertz CT molecular complexity index is 1180. The smallest absolute Gasteiger partial charge is 0.328 e. The maximum Gasteiger partial charge on any atom is 0.328 e. The summed E-state index contributed by atoms with van der Waals surface area (Å²) >= 11 is 14.7. The molecule has 1 heterocycles. The predicted molar refractivity (Wildman–Crippen MR) is 129 cm³/mol. The van der Waals surface area contributed by atoms with Crippen molar-refractivity contribution in [3.8, 4) is 11.3 Å². The Morgan fingerprint density at radius 1 is 1.06 bits per heavy atom. The molecule has 0 saturated heterocycles. The van der Waals surface area contributed by atoms with Gasteiger partial charge in [-0.05, 0) is 42.5 Å². The number of rotatable bonds is 8. The molecular formula is C21H15Cl2N3O4S2. The van der Waals surface area contributed by atoms with E-state index in [0.29, 0.717) is 26.6 Å². The van der Waals surface area contributed by atoms with E-state index < -0.39 is 11.9 Å². The number of carboxylic acids is 1. The first-order valence-electron chi connectivity index (χ1n) is 8.96. The molecule has 0 aliphatic heterocycles. The molecule has 1 aromatic heterocycles. The van der Waals surface area contributed by atoms with Gasteiger partial charge in [-0.2, -0.15) is 0 Å². The Morgan fingerprint density at radius 3 is 2.50 bits per heavy atom. The predicted octanol–water partition coefficient (Wildman–Crippen LogP) is 5.43. The van der Waals surface area contributed by atoms with Crippen LogP contribution in [0.2, 0.25) is 10.0 Å². The number of carbonyl (C=O) groups is 3. The van der Waals surface area contributed by atoms with Crippen LogP contribution in [0.1, 0.15) is 0 Å². The highest BCUT2D eigenvalue weighted by Gasteiger charge is 2.11. The van der Waals surface area contributed by atoms with Crippen molar-refractivity contribution in [2.75, 3.05) is 16.4 Å². The van der Waals surface area contributed by atoms with Gasteiger partial charge in [-0.3, -0.25) is 9.59 Å². The molecule has 32 heavy (non-hydrogen) atoms. The molecule has 0 bridgehead atoms. The molecule has 0 aliphatic rings. The van der Waals surface area contributed by atoms with E-state index in [4.69, 9.17) is 28.3 Å². The molecule has 11 heteroatoms. The van der Waals surface area contributed by atoms with Crippen LogP contribution in [0.25, 0.3) is 11.3 Å². The summed E-state index contributed by atoms with van der Waals surface area (Å²) in [4.78, 5) is 39.5. The van der Waals surface area contributed by atoms with E-state index >= 15 is 0 Å². The third kappa shape index (κ3) is 7.10. The van der Waals surface area contributed by atoms with Gasteiger partial charge in [0.05, 0.1) is 16.5 Å². The van der Waals surface area contributed by atoms with Gasteiger partial charge in [0.1, 0.15) is 0 Å². The van der Waals surface area contributed by atoms with Crippen LogP contribution in [0, 0.1) is 0 Å². The average molecular weight is 508 g/mol. The maximum atomic E-state index is 12.3. The first-order chi connectivity index (χ1) is 15.3. The first kappa shape index (κ1) is 23.8. The van der Waals surface area contributed by atoms with Crippen LogP contribution in [0.5, 0.6) is 0 Å². The summed E-state index contributed by atoms with van der Waals surface area (Å²) in [6, 6.07) is 12.0. The molecule has 2 aromatic carbocycles. The molecule has 0 aliphatic carbocycles. The fourth-order valence-corrected chi connectivity index (χ4v) is 4.35. The minimum atomic E-state index is -1.20. The molecule has 0 spiro atoms. The molecule has 3 aromatic rings. The fraction of sp³-hybridized carbons (Fsp3) is 0.0476. The summed E-state index contributed by atoms with van der Waals surface area (Å²) in [5, 5.41) is 17.1. The van der Waals surface area contributed by atoms with Crippen LogP contribution in [0.15, 0.2) is 64.9 Å². The van der Waals surface area contributed by atoms with Crippen LogP contribution in [0.3, 0.4) is 0 Å². The lowest BCUT2D eigenvalue weighted by Crippen LogP contribution is -2.13. The molecule has 2 amide bonds. The topological polar surface area (TPSA) is 108 Å². The molecule has 0 radical (unpaired) electrons. The van der Waals surface area contributed by atoms with Gasteiger partial charge >= 0.3 is 5.97 Å². The molecule has 0 saturated carbocycles. The van der Waals surface area contributed by atoms with E-state index in [0.717, 1.165) is 22.6 Å². The largest absolute Gasteiger partial charge is 0.478 e. The van der Waals surface area contributed by atoms with E-state index in [1.54, 1.807) is 47.8 Å². The van der Waals surface area contributed by atoms with Crippen LogP contribution in [-0.4, -0.2) is 33.6 Å². The molecular weight excluding hydrogens is 493 g/mol. The fourth-order valence-electron chi connectivity index (χ4n) is 2.42. The third-order valence-electron chi connectivity index (χ3n) is 3.83. The number of carbonyl (C=O) groups excluding carboxylic acids is 2. The first-order valence-corrected chi connectivity index (χ1v) is 11.6. The number of benzene rings is 2. The van der Waals surface area contributed by atoms with Gasteiger partial charge in [0, 0.05) is 38.7 Å². The van der Waals surface area contributed by atoms with E-state index in [-0.39, 0.29) is 11.7 Å². The van der Waals surface area contributed by atoms with Gasteiger partial charge in [-0.1, -0.05) is 23.2 Å². The summed E-state index contributed by atoms with van der Waals surface area (Å²) in [6.45, 7) is 0. The molecule has 0 fully saturated rings. The standard InChI is InChI=1S/C21H15Cl2N3O4S2/c22-12-1-6-15(16(23)9-12)17-10-32-21(25-17)26-19(28)11-31-14-4-2-13(3-5-14)24-18(27)7-8-20(29)30/h1-10H,11H2,(H,24,27)(H,29,30)(H,25,26,28)/b8-7+. The summed E-state index contributed by atoms with van der Waals surface area (Å²) in [6.07, 6.45) is 1.69. The zero-order valence-corrected chi connectivity index (χ0v) is 19.3. The molecule has 3 rings (SSSR count). The van der Waals surface area contributed by atoms with Crippen molar-refractivity contribution < 1.29 is 19.5 Å². The number of anilines is 2. The van der Waals surface area contributed by atoms with Crippen molar-refractivity contribution in [1.29, 1.82) is 0 Å². The van der Waals surface area contributed by atoms with Gasteiger partial charge in [0.15, 0.2) is 5.13 Å². The number of amides is 2. The zero-order chi connectivity index (χ0) is 23.1. The number of hydrogen-bond acceptors (Lipinski definition) is 6. The number of carboxylic acid groups (broad SMARTS) is 1.